The first-order valence-corrected chi connectivity index (χ1v) is 6.65. The van der Waals surface area contributed by atoms with Crippen molar-refractivity contribution in [1.82, 2.24) is 0 Å². The molecule has 3 unspecified atom stereocenters. The molecule has 0 saturated carbocycles. The minimum absolute atomic E-state index is 0.207. The Morgan fingerprint density at radius 3 is 2.48 bits per heavy atom. The van der Waals surface area contributed by atoms with Crippen molar-refractivity contribution in [2.45, 2.75) is 49.7 Å². The van der Waals surface area contributed by atoms with E-state index in [1.54, 1.807) is 0 Å². The fraction of sp³-hybridized carbons (Fsp3) is 0.750. The standard InChI is InChI=1S/C12H18N2O7/c13-4-2-1-3-7-12(14)20-9(16)6-11(18,10(17)21-12)5-8(15)19-7/h7,18H,1-6,13-14H2. The molecule has 3 atom stereocenters. The molecule has 2 bridgehead atoms. The van der Waals surface area contributed by atoms with Gasteiger partial charge < -0.3 is 25.1 Å². The lowest BCUT2D eigenvalue weighted by molar-refractivity contribution is -0.268. The number of aliphatic hydroxyl groups is 1. The summed E-state index contributed by atoms with van der Waals surface area (Å²) in [6, 6.07) is 0. The van der Waals surface area contributed by atoms with E-state index in [0.29, 0.717) is 19.4 Å². The third-order valence-corrected chi connectivity index (χ3v) is 3.42. The molecule has 118 valence electrons. The van der Waals surface area contributed by atoms with Gasteiger partial charge in [-0.25, -0.2) is 4.79 Å². The number of fused-ring (bicyclic) bond motifs is 3. The van der Waals surface area contributed by atoms with Gasteiger partial charge in [0.15, 0.2) is 11.7 Å². The molecular weight excluding hydrogens is 284 g/mol. The fourth-order valence-electron chi connectivity index (χ4n) is 2.31. The SMILES string of the molecule is NCCCCC1OC(=O)CC2(O)CC(=O)OC1(N)OC2=O. The summed E-state index contributed by atoms with van der Waals surface area (Å²) in [6.07, 6.45) is -1.17. The van der Waals surface area contributed by atoms with Gasteiger partial charge in [0.25, 0.3) is 0 Å². The van der Waals surface area contributed by atoms with Crippen LogP contribution in [0, 0.1) is 0 Å². The van der Waals surface area contributed by atoms with Crippen LogP contribution >= 0.6 is 0 Å². The first kappa shape index (κ1) is 15.7. The van der Waals surface area contributed by atoms with Gasteiger partial charge >= 0.3 is 23.8 Å². The van der Waals surface area contributed by atoms with Crippen LogP contribution in [0.25, 0.3) is 0 Å². The lowest BCUT2D eigenvalue weighted by Crippen LogP contribution is -2.60. The van der Waals surface area contributed by atoms with Crippen molar-refractivity contribution in [3.05, 3.63) is 0 Å². The van der Waals surface area contributed by atoms with E-state index in [1.807, 2.05) is 0 Å². The van der Waals surface area contributed by atoms with Gasteiger partial charge in [0.2, 0.25) is 0 Å². The number of unbranched alkanes of at least 4 members (excludes halogenated alkanes) is 1. The molecule has 0 spiro atoms. The van der Waals surface area contributed by atoms with E-state index in [4.69, 9.17) is 25.7 Å². The van der Waals surface area contributed by atoms with Crippen LogP contribution in [0.4, 0.5) is 0 Å². The van der Waals surface area contributed by atoms with Gasteiger partial charge in [-0.05, 0) is 25.8 Å². The monoisotopic (exact) mass is 302 g/mol. The minimum Gasteiger partial charge on any atom is -0.452 e. The van der Waals surface area contributed by atoms with Crippen LogP contribution in [0.15, 0.2) is 0 Å². The van der Waals surface area contributed by atoms with Gasteiger partial charge in [-0.15, -0.1) is 0 Å². The molecule has 9 nitrogen and oxygen atoms in total. The molecule has 2 fully saturated rings. The lowest BCUT2D eigenvalue weighted by atomic mass is 9.95. The molecule has 2 heterocycles. The zero-order valence-electron chi connectivity index (χ0n) is 11.4. The van der Waals surface area contributed by atoms with Crippen LogP contribution in [-0.4, -0.2) is 47.2 Å². The molecule has 2 rings (SSSR count). The number of rotatable bonds is 4. The number of carbonyl (C=O) groups excluding carboxylic acids is 3. The topological polar surface area (TPSA) is 151 Å². The Hall–Kier alpha value is -1.71. The normalized spacial score (nSPS) is 36.1. The fourth-order valence-corrected chi connectivity index (χ4v) is 2.31. The number of carbonyl (C=O) groups is 3. The molecule has 2 saturated heterocycles. The highest BCUT2D eigenvalue weighted by molar-refractivity contribution is 5.92. The molecule has 0 radical (unpaired) electrons. The van der Waals surface area contributed by atoms with Crippen molar-refractivity contribution in [3.63, 3.8) is 0 Å². The van der Waals surface area contributed by atoms with E-state index in [1.165, 1.54) is 0 Å². The first-order chi connectivity index (χ1) is 9.79. The summed E-state index contributed by atoms with van der Waals surface area (Å²) < 4.78 is 14.9. The Bertz CT molecular complexity index is 469. The largest absolute Gasteiger partial charge is 0.452 e. The van der Waals surface area contributed by atoms with Crippen LogP contribution in [0.1, 0.15) is 32.1 Å². The average Bonchev–Trinajstić information content (AvgIpc) is 2.41. The van der Waals surface area contributed by atoms with Crippen LogP contribution in [-0.2, 0) is 28.6 Å². The molecule has 2 aliphatic heterocycles. The highest BCUT2D eigenvalue weighted by Crippen LogP contribution is 2.33. The Morgan fingerprint density at radius 2 is 1.81 bits per heavy atom. The molecule has 0 amide bonds. The molecule has 0 aromatic carbocycles. The van der Waals surface area contributed by atoms with Crippen LogP contribution in [0.5, 0.6) is 0 Å². The van der Waals surface area contributed by atoms with Gasteiger partial charge in [0, 0.05) is 0 Å². The molecule has 0 aromatic heterocycles. The average molecular weight is 302 g/mol. The molecular formula is C12H18N2O7. The lowest BCUT2D eigenvalue weighted by Gasteiger charge is -2.36. The highest BCUT2D eigenvalue weighted by atomic mass is 16.8. The van der Waals surface area contributed by atoms with Crippen molar-refractivity contribution in [2.75, 3.05) is 6.54 Å². The zero-order valence-corrected chi connectivity index (χ0v) is 11.4. The van der Waals surface area contributed by atoms with E-state index < -0.39 is 48.4 Å². The predicted molar refractivity (Wildman–Crippen MR) is 66.1 cm³/mol. The number of nitrogens with two attached hydrogens (primary N) is 2. The Morgan fingerprint density at radius 1 is 1.14 bits per heavy atom. The third-order valence-electron chi connectivity index (χ3n) is 3.42. The van der Waals surface area contributed by atoms with Crippen molar-refractivity contribution < 1.29 is 33.7 Å². The Kier molecular flexibility index (Phi) is 4.17. The number of hydrogen-bond acceptors (Lipinski definition) is 9. The van der Waals surface area contributed by atoms with Crippen LogP contribution < -0.4 is 11.5 Å². The van der Waals surface area contributed by atoms with E-state index >= 15 is 0 Å². The molecule has 9 heteroatoms. The van der Waals surface area contributed by atoms with Crippen molar-refractivity contribution in [2.24, 2.45) is 11.5 Å². The molecule has 0 aliphatic carbocycles. The predicted octanol–water partition coefficient (Wildman–Crippen LogP) is -1.74. The van der Waals surface area contributed by atoms with Crippen LogP contribution in [0.2, 0.25) is 0 Å². The van der Waals surface area contributed by atoms with Crippen LogP contribution in [0.3, 0.4) is 0 Å². The maximum Gasteiger partial charge on any atom is 0.353 e. The van der Waals surface area contributed by atoms with E-state index in [9.17, 15) is 19.5 Å². The molecule has 2 aliphatic rings. The number of esters is 3. The summed E-state index contributed by atoms with van der Waals surface area (Å²) >= 11 is 0. The molecule has 0 aromatic rings. The maximum absolute atomic E-state index is 11.9. The second-order valence-electron chi connectivity index (χ2n) is 5.23. The van der Waals surface area contributed by atoms with Gasteiger partial charge in [0.05, 0.1) is 12.8 Å². The molecule has 5 N–H and O–H groups in total. The van der Waals surface area contributed by atoms with E-state index in [0.717, 1.165) is 0 Å². The minimum atomic E-state index is -2.31. The van der Waals surface area contributed by atoms with Crippen molar-refractivity contribution in [1.29, 1.82) is 0 Å². The van der Waals surface area contributed by atoms with Gasteiger partial charge in [-0.3, -0.25) is 15.3 Å². The summed E-state index contributed by atoms with van der Waals surface area (Å²) in [5.74, 6) is -5.19. The highest BCUT2D eigenvalue weighted by Gasteiger charge is 2.57. The zero-order chi connectivity index (χ0) is 15.7. The van der Waals surface area contributed by atoms with Gasteiger partial charge in [-0.1, -0.05) is 0 Å². The van der Waals surface area contributed by atoms with Crippen molar-refractivity contribution in [3.8, 4) is 0 Å². The summed E-state index contributed by atoms with van der Waals surface area (Å²) in [6.45, 7) is 0.428. The van der Waals surface area contributed by atoms with Gasteiger partial charge in [-0.2, -0.15) is 0 Å². The van der Waals surface area contributed by atoms with Crippen molar-refractivity contribution >= 4 is 17.9 Å². The van der Waals surface area contributed by atoms with E-state index in [2.05, 4.69) is 0 Å². The number of ether oxygens (including phenoxy) is 3. The van der Waals surface area contributed by atoms with Gasteiger partial charge in [0.1, 0.15) is 0 Å². The summed E-state index contributed by atoms with van der Waals surface area (Å²) in [5, 5.41) is 10.1. The first-order valence-electron chi connectivity index (χ1n) is 6.65. The second kappa shape index (κ2) is 5.58. The smallest absolute Gasteiger partial charge is 0.353 e. The Labute approximate surface area is 120 Å². The summed E-state index contributed by atoms with van der Waals surface area (Å²) in [4.78, 5) is 35.4. The molecule has 21 heavy (non-hydrogen) atoms. The second-order valence-corrected chi connectivity index (χ2v) is 5.23. The summed E-state index contributed by atoms with van der Waals surface area (Å²) in [7, 11) is 0. The van der Waals surface area contributed by atoms with E-state index in [-0.39, 0.29) is 6.42 Å². The quantitative estimate of drug-likeness (QED) is 0.406. The third kappa shape index (κ3) is 3.14. The number of cyclic esters (lactones) is 1. The Balaban J connectivity index is 2.30. The number of hydrogen-bond donors (Lipinski definition) is 3. The summed E-state index contributed by atoms with van der Waals surface area (Å²) in [5.41, 5.74) is 8.86. The maximum atomic E-state index is 11.9.